The van der Waals surface area contributed by atoms with Crippen LogP contribution < -0.4 is 10.6 Å². The Morgan fingerprint density at radius 3 is 2.32 bits per heavy atom. The fraction of sp³-hybridized carbons (Fsp3) is 0.933. The fourth-order valence-corrected chi connectivity index (χ4v) is 1.53. The summed E-state index contributed by atoms with van der Waals surface area (Å²) < 4.78 is 15.8. The van der Waals surface area contributed by atoms with E-state index in [1.807, 2.05) is 0 Å². The molecule has 0 aliphatic carbocycles. The van der Waals surface area contributed by atoms with Crippen molar-refractivity contribution in [3.05, 3.63) is 0 Å². The van der Waals surface area contributed by atoms with Crippen LogP contribution in [0.3, 0.4) is 0 Å². The van der Waals surface area contributed by atoms with E-state index < -0.39 is 0 Å². The summed E-state index contributed by atoms with van der Waals surface area (Å²) in [4.78, 5) is 4.50. The maximum Gasteiger partial charge on any atom is 0.191 e. The van der Waals surface area contributed by atoms with Gasteiger partial charge in [-0.25, -0.2) is 0 Å². The molecule has 0 unspecified atom stereocenters. The van der Waals surface area contributed by atoms with Crippen molar-refractivity contribution in [3.8, 4) is 0 Å². The number of nitrogens with zero attached hydrogens (tertiary/aromatic N) is 1. The maximum absolute atomic E-state index is 5.51. The molecule has 0 aromatic rings. The summed E-state index contributed by atoms with van der Waals surface area (Å²) in [5, 5.41) is 6.45. The number of nitrogens with one attached hydrogen (secondary N) is 2. The normalized spacial score (nSPS) is 11.1. The van der Waals surface area contributed by atoms with E-state index in [-0.39, 0.29) is 24.0 Å². The van der Waals surface area contributed by atoms with Crippen LogP contribution in [0.5, 0.6) is 0 Å². The highest BCUT2D eigenvalue weighted by Gasteiger charge is 1.96. The van der Waals surface area contributed by atoms with Crippen molar-refractivity contribution in [1.82, 2.24) is 10.6 Å². The van der Waals surface area contributed by atoms with Crippen LogP contribution in [0.4, 0.5) is 0 Å². The number of hydrogen-bond acceptors (Lipinski definition) is 4. The van der Waals surface area contributed by atoms with E-state index in [4.69, 9.17) is 14.2 Å². The highest BCUT2D eigenvalue weighted by molar-refractivity contribution is 14.0. The van der Waals surface area contributed by atoms with Crippen LogP contribution in [-0.2, 0) is 14.2 Å². The summed E-state index contributed by atoms with van der Waals surface area (Å²) in [5.74, 6) is 0.835. The lowest BCUT2D eigenvalue weighted by atomic mass is 10.4. The van der Waals surface area contributed by atoms with Gasteiger partial charge in [0.1, 0.15) is 0 Å². The molecule has 0 amide bonds. The number of aliphatic imine (C=N–C) groups is 1. The van der Waals surface area contributed by atoms with Gasteiger partial charge in [-0.05, 0) is 19.8 Å². The van der Waals surface area contributed by atoms with E-state index in [0.717, 1.165) is 51.6 Å². The minimum absolute atomic E-state index is 0. The van der Waals surface area contributed by atoms with Gasteiger partial charge < -0.3 is 24.8 Å². The number of hydrogen-bond donors (Lipinski definition) is 2. The third kappa shape index (κ3) is 17.9. The minimum Gasteiger partial charge on any atom is -0.382 e. The molecular weight excluding hydrogens is 397 g/mol. The third-order valence-electron chi connectivity index (χ3n) is 2.67. The molecule has 0 aliphatic rings. The lowest BCUT2D eigenvalue weighted by Crippen LogP contribution is -2.39. The molecule has 0 aromatic carbocycles. The van der Waals surface area contributed by atoms with Crippen molar-refractivity contribution in [3.63, 3.8) is 0 Å². The molecule has 0 saturated heterocycles. The highest BCUT2D eigenvalue weighted by atomic mass is 127. The van der Waals surface area contributed by atoms with E-state index in [9.17, 15) is 0 Å². The van der Waals surface area contributed by atoms with E-state index in [0.29, 0.717) is 19.8 Å². The summed E-state index contributed by atoms with van der Waals surface area (Å²) in [6.07, 6.45) is 3.26. The van der Waals surface area contributed by atoms with Gasteiger partial charge in [0.2, 0.25) is 0 Å². The quantitative estimate of drug-likeness (QED) is 0.191. The van der Waals surface area contributed by atoms with Gasteiger partial charge in [0, 0.05) is 40.0 Å². The van der Waals surface area contributed by atoms with Crippen molar-refractivity contribution in [2.45, 2.75) is 33.1 Å². The van der Waals surface area contributed by atoms with Crippen LogP contribution in [0.2, 0.25) is 0 Å². The molecule has 0 fully saturated rings. The van der Waals surface area contributed by atoms with Crippen LogP contribution in [-0.4, -0.2) is 65.7 Å². The zero-order chi connectivity index (χ0) is 15.6. The number of unbranched alkanes of at least 4 members (excludes halogenated alkanes) is 1. The summed E-state index contributed by atoms with van der Waals surface area (Å²) in [5.41, 5.74) is 0. The molecular formula is C15H34IN3O3. The second-order valence-electron chi connectivity index (χ2n) is 4.61. The van der Waals surface area contributed by atoms with Gasteiger partial charge in [0.05, 0.1) is 19.8 Å². The number of guanidine groups is 1. The number of halogens is 1. The number of rotatable bonds is 14. The van der Waals surface area contributed by atoms with Crippen molar-refractivity contribution in [2.24, 2.45) is 4.99 Å². The van der Waals surface area contributed by atoms with Crippen molar-refractivity contribution in [2.75, 3.05) is 59.8 Å². The zero-order valence-electron chi connectivity index (χ0n) is 14.4. The smallest absolute Gasteiger partial charge is 0.191 e. The molecule has 0 aromatic heterocycles. The summed E-state index contributed by atoms with van der Waals surface area (Å²) in [6, 6.07) is 0. The van der Waals surface area contributed by atoms with Gasteiger partial charge in [0.25, 0.3) is 0 Å². The molecule has 0 aliphatic heterocycles. The Balaban J connectivity index is 0. The first-order valence-corrected chi connectivity index (χ1v) is 8.01. The first kappa shape index (κ1) is 24.1. The topological polar surface area (TPSA) is 64.1 Å². The Bertz CT molecular complexity index is 244. The molecule has 6 nitrogen and oxygen atoms in total. The van der Waals surface area contributed by atoms with Crippen molar-refractivity contribution < 1.29 is 14.2 Å². The van der Waals surface area contributed by atoms with Crippen LogP contribution in [0.1, 0.15) is 33.1 Å². The highest BCUT2D eigenvalue weighted by Crippen LogP contribution is 1.90. The average molecular weight is 431 g/mol. The van der Waals surface area contributed by atoms with Crippen molar-refractivity contribution >= 4 is 29.9 Å². The first-order chi connectivity index (χ1) is 10.3. The van der Waals surface area contributed by atoms with Gasteiger partial charge in [0.15, 0.2) is 5.96 Å². The molecule has 0 spiro atoms. The van der Waals surface area contributed by atoms with E-state index in [2.05, 4.69) is 29.5 Å². The Morgan fingerprint density at radius 1 is 0.909 bits per heavy atom. The molecule has 0 bridgehead atoms. The molecule has 0 rings (SSSR count). The van der Waals surface area contributed by atoms with Gasteiger partial charge in [-0.15, -0.1) is 24.0 Å². The molecule has 2 N–H and O–H groups in total. The third-order valence-corrected chi connectivity index (χ3v) is 2.67. The SMILES string of the molecule is CCCCOCCCN=C(NCC)NCCOCCOC.I. The van der Waals surface area contributed by atoms with Crippen LogP contribution in [0.25, 0.3) is 0 Å². The van der Waals surface area contributed by atoms with Crippen LogP contribution >= 0.6 is 24.0 Å². The monoisotopic (exact) mass is 431 g/mol. The van der Waals surface area contributed by atoms with Crippen molar-refractivity contribution in [1.29, 1.82) is 0 Å². The van der Waals surface area contributed by atoms with E-state index in [1.165, 1.54) is 6.42 Å². The average Bonchev–Trinajstić information content (AvgIpc) is 2.49. The molecule has 0 atom stereocenters. The van der Waals surface area contributed by atoms with Gasteiger partial charge >= 0.3 is 0 Å². The fourth-order valence-electron chi connectivity index (χ4n) is 1.53. The maximum atomic E-state index is 5.51. The largest absolute Gasteiger partial charge is 0.382 e. The summed E-state index contributed by atoms with van der Waals surface area (Å²) in [6.45, 7) is 10.1. The van der Waals surface area contributed by atoms with Gasteiger partial charge in [-0.3, -0.25) is 4.99 Å². The molecule has 7 heteroatoms. The minimum atomic E-state index is 0. The molecule has 0 radical (unpaired) electrons. The summed E-state index contributed by atoms with van der Waals surface area (Å²) in [7, 11) is 1.67. The second-order valence-corrected chi connectivity index (χ2v) is 4.61. The Hall–Kier alpha value is -0.120. The second kappa shape index (κ2) is 20.9. The predicted octanol–water partition coefficient (Wildman–Crippen LogP) is 2.03. The number of ether oxygens (including phenoxy) is 3. The first-order valence-electron chi connectivity index (χ1n) is 8.01. The zero-order valence-corrected chi connectivity index (χ0v) is 16.7. The lowest BCUT2D eigenvalue weighted by Gasteiger charge is -2.11. The van der Waals surface area contributed by atoms with Crippen LogP contribution in [0, 0.1) is 0 Å². The molecule has 134 valence electrons. The van der Waals surface area contributed by atoms with E-state index >= 15 is 0 Å². The van der Waals surface area contributed by atoms with Gasteiger partial charge in [-0.2, -0.15) is 0 Å². The van der Waals surface area contributed by atoms with E-state index in [1.54, 1.807) is 7.11 Å². The van der Waals surface area contributed by atoms with Gasteiger partial charge in [-0.1, -0.05) is 13.3 Å². The standard InChI is InChI=1S/C15H33N3O3.HI/c1-4-6-10-20-11-7-8-17-15(16-5-2)18-9-12-21-14-13-19-3;/h4-14H2,1-3H3,(H2,16,17,18);1H. The summed E-state index contributed by atoms with van der Waals surface area (Å²) >= 11 is 0. The predicted molar refractivity (Wildman–Crippen MR) is 102 cm³/mol. The number of methoxy groups -OCH3 is 1. The Kier molecular flexibility index (Phi) is 22.9. The molecule has 0 heterocycles. The molecule has 22 heavy (non-hydrogen) atoms. The Labute approximate surface area is 152 Å². The lowest BCUT2D eigenvalue weighted by molar-refractivity contribution is 0.0733. The Morgan fingerprint density at radius 2 is 1.64 bits per heavy atom. The van der Waals surface area contributed by atoms with Crippen LogP contribution in [0.15, 0.2) is 4.99 Å². The molecule has 0 saturated carbocycles.